The molecule has 5 nitrogen and oxygen atoms in total. The molecule has 1 aliphatic rings. The Morgan fingerprint density at radius 3 is 2.84 bits per heavy atom. The number of piperazine rings is 1. The lowest BCUT2D eigenvalue weighted by atomic mass is 10.1. The van der Waals surface area contributed by atoms with Gasteiger partial charge in [0.05, 0.1) is 17.3 Å². The van der Waals surface area contributed by atoms with Crippen LogP contribution < -0.4 is 4.90 Å². The van der Waals surface area contributed by atoms with Crippen LogP contribution in [-0.4, -0.2) is 46.7 Å². The van der Waals surface area contributed by atoms with Crippen LogP contribution in [0.15, 0.2) is 48.7 Å². The number of H-pyrrole nitrogens is 1. The molecule has 25 heavy (non-hydrogen) atoms. The van der Waals surface area contributed by atoms with Crippen molar-refractivity contribution < 1.29 is 4.79 Å². The van der Waals surface area contributed by atoms with E-state index < -0.39 is 0 Å². The number of benzene rings is 2. The third kappa shape index (κ3) is 2.86. The second-order valence-corrected chi connectivity index (χ2v) is 6.77. The molecular weight excluding hydrogens is 312 g/mol. The van der Waals surface area contributed by atoms with E-state index in [-0.39, 0.29) is 11.9 Å². The van der Waals surface area contributed by atoms with E-state index in [1.807, 2.05) is 23.1 Å². The summed E-state index contributed by atoms with van der Waals surface area (Å²) >= 11 is 0. The number of carbonyl (C=O) groups excluding carboxylic acids is 1. The molecule has 1 saturated heterocycles. The summed E-state index contributed by atoms with van der Waals surface area (Å²) in [4.78, 5) is 17.4. The highest BCUT2D eigenvalue weighted by Crippen LogP contribution is 2.24. The summed E-state index contributed by atoms with van der Waals surface area (Å²) in [5, 5.41) is 7.88. The molecule has 0 aliphatic carbocycles. The van der Waals surface area contributed by atoms with E-state index in [4.69, 9.17) is 0 Å². The molecule has 2 heterocycles. The smallest absolute Gasteiger partial charge is 0.254 e. The first-order valence-corrected chi connectivity index (χ1v) is 8.68. The normalized spacial score (nSPS) is 17.9. The van der Waals surface area contributed by atoms with Crippen LogP contribution in [0.25, 0.3) is 10.9 Å². The van der Waals surface area contributed by atoms with Gasteiger partial charge in [-0.25, -0.2) is 0 Å². The van der Waals surface area contributed by atoms with Crippen LogP contribution in [0.2, 0.25) is 0 Å². The number of aromatic nitrogens is 2. The zero-order chi connectivity index (χ0) is 17.4. The molecule has 5 heteroatoms. The third-order valence-electron chi connectivity index (χ3n) is 4.96. The zero-order valence-electron chi connectivity index (χ0n) is 14.6. The standard InChI is InChI=1S/C20H22N4O/c1-14-5-3-6-16(11-14)24-10-9-23(13-15(24)2)20(25)17-7-4-8-19-18(17)12-21-22-19/h3-8,11-12,15H,9-10,13H2,1-2H3,(H,21,22). The maximum Gasteiger partial charge on any atom is 0.254 e. The number of fused-ring (bicyclic) bond motifs is 1. The van der Waals surface area contributed by atoms with Gasteiger partial charge in [-0.15, -0.1) is 0 Å². The number of carbonyl (C=O) groups is 1. The highest BCUT2D eigenvalue weighted by molar-refractivity contribution is 6.06. The van der Waals surface area contributed by atoms with E-state index in [0.29, 0.717) is 0 Å². The second-order valence-electron chi connectivity index (χ2n) is 6.77. The predicted molar refractivity (Wildman–Crippen MR) is 100.0 cm³/mol. The zero-order valence-corrected chi connectivity index (χ0v) is 14.6. The molecule has 4 rings (SSSR count). The number of rotatable bonds is 2. The molecule has 2 aromatic carbocycles. The molecule has 1 unspecified atom stereocenters. The minimum atomic E-state index is 0.0859. The van der Waals surface area contributed by atoms with Crippen molar-refractivity contribution in [1.82, 2.24) is 15.1 Å². The Bertz CT molecular complexity index is 917. The Balaban J connectivity index is 1.54. The van der Waals surface area contributed by atoms with Gasteiger partial charge in [-0.3, -0.25) is 9.89 Å². The third-order valence-corrected chi connectivity index (χ3v) is 4.96. The van der Waals surface area contributed by atoms with E-state index in [2.05, 4.69) is 53.2 Å². The molecule has 0 spiro atoms. The summed E-state index contributed by atoms with van der Waals surface area (Å²) in [6, 6.07) is 14.6. The molecule has 1 aromatic heterocycles. The molecule has 128 valence electrons. The fraction of sp³-hybridized carbons (Fsp3) is 0.300. The van der Waals surface area contributed by atoms with E-state index in [9.17, 15) is 4.79 Å². The minimum absolute atomic E-state index is 0.0859. The highest BCUT2D eigenvalue weighted by Gasteiger charge is 2.28. The van der Waals surface area contributed by atoms with Crippen molar-refractivity contribution in [2.75, 3.05) is 24.5 Å². The lowest BCUT2D eigenvalue weighted by Crippen LogP contribution is -2.53. The number of nitrogens with zero attached hydrogens (tertiary/aromatic N) is 3. The fourth-order valence-electron chi connectivity index (χ4n) is 3.66. The number of anilines is 1. The van der Waals surface area contributed by atoms with Crippen LogP contribution in [0.3, 0.4) is 0 Å². The van der Waals surface area contributed by atoms with Crippen molar-refractivity contribution >= 4 is 22.5 Å². The molecule has 0 bridgehead atoms. The molecule has 3 aromatic rings. The van der Waals surface area contributed by atoms with Crippen molar-refractivity contribution in [1.29, 1.82) is 0 Å². The number of hydrogen-bond acceptors (Lipinski definition) is 3. The van der Waals surface area contributed by atoms with E-state index in [0.717, 1.165) is 36.1 Å². The van der Waals surface area contributed by atoms with Gasteiger partial charge in [0, 0.05) is 36.7 Å². The average molecular weight is 334 g/mol. The van der Waals surface area contributed by atoms with Crippen molar-refractivity contribution in [3.8, 4) is 0 Å². The number of amides is 1. The molecule has 1 N–H and O–H groups in total. The van der Waals surface area contributed by atoms with Crippen molar-refractivity contribution in [2.24, 2.45) is 0 Å². The minimum Gasteiger partial charge on any atom is -0.365 e. The molecular formula is C20H22N4O. The number of hydrogen-bond donors (Lipinski definition) is 1. The summed E-state index contributed by atoms with van der Waals surface area (Å²) in [6.07, 6.45) is 1.73. The molecule has 1 aliphatic heterocycles. The van der Waals surface area contributed by atoms with Crippen molar-refractivity contribution in [3.63, 3.8) is 0 Å². The van der Waals surface area contributed by atoms with Crippen LogP contribution in [0.5, 0.6) is 0 Å². The van der Waals surface area contributed by atoms with Gasteiger partial charge >= 0.3 is 0 Å². The first kappa shape index (κ1) is 15.7. The van der Waals surface area contributed by atoms with Crippen LogP contribution in [0.4, 0.5) is 5.69 Å². The lowest BCUT2D eigenvalue weighted by Gasteiger charge is -2.41. The van der Waals surface area contributed by atoms with Gasteiger partial charge < -0.3 is 9.80 Å². The van der Waals surface area contributed by atoms with Gasteiger partial charge in [-0.05, 0) is 43.7 Å². The fourth-order valence-corrected chi connectivity index (χ4v) is 3.66. The predicted octanol–water partition coefficient (Wildman–Crippen LogP) is 3.22. The van der Waals surface area contributed by atoms with Crippen molar-refractivity contribution in [3.05, 3.63) is 59.8 Å². The summed E-state index contributed by atoms with van der Waals surface area (Å²) in [6.45, 7) is 6.59. The Kier molecular flexibility index (Phi) is 3.92. The summed E-state index contributed by atoms with van der Waals surface area (Å²) in [5.41, 5.74) is 4.12. The molecule has 1 amide bonds. The van der Waals surface area contributed by atoms with Crippen LogP contribution in [0.1, 0.15) is 22.8 Å². The first-order chi connectivity index (χ1) is 12.1. The van der Waals surface area contributed by atoms with Crippen LogP contribution in [-0.2, 0) is 0 Å². The Morgan fingerprint density at radius 1 is 1.20 bits per heavy atom. The molecule has 0 radical (unpaired) electrons. The van der Waals surface area contributed by atoms with Crippen molar-refractivity contribution in [2.45, 2.75) is 19.9 Å². The largest absolute Gasteiger partial charge is 0.365 e. The van der Waals surface area contributed by atoms with E-state index in [1.165, 1.54) is 11.3 Å². The number of aryl methyl sites for hydroxylation is 1. The summed E-state index contributed by atoms with van der Waals surface area (Å²) in [7, 11) is 0. The van der Waals surface area contributed by atoms with E-state index in [1.54, 1.807) is 6.20 Å². The maximum atomic E-state index is 13.0. The van der Waals surface area contributed by atoms with Crippen LogP contribution in [0, 0.1) is 6.92 Å². The molecule has 0 saturated carbocycles. The summed E-state index contributed by atoms with van der Waals surface area (Å²) < 4.78 is 0. The quantitative estimate of drug-likeness (QED) is 0.783. The summed E-state index contributed by atoms with van der Waals surface area (Å²) in [5.74, 6) is 0.0859. The second kappa shape index (κ2) is 6.24. The molecule has 1 atom stereocenters. The monoisotopic (exact) mass is 334 g/mol. The average Bonchev–Trinajstić information content (AvgIpc) is 3.09. The van der Waals surface area contributed by atoms with Gasteiger partial charge in [0.15, 0.2) is 0 Å². The van der Waals surface area contributed by atoms with Gasteiger partial charge in [0.2, 0.25) is 0 Å². The van der Waals surface area contributed by atoms with Gasteiger partial charge in [-0.2, -0.15) is 5.10 Å². The maximum absolute atomic E-state index is 13.0. The van der Waals surface area contributed by atoms with Crippen LogP contribution >= 0.6 is 0 Å². The number of nitrogens with one attached hydrogen (secondary N) is 1. The molecule has 1 fully saturated rings. The van der Waals surface area contributed by atoms with Gasteiger partial charge in [0.1, 0.15) is 0 Å². The highest BCUT2D eigenvalue weighted by atomic mass is 16.2. The Labute approximate surface area is 147 Å². The SMILES string of the molecule is Cc1cccc(N2CCN(C(=O)c3cccc4[nH]ncc34)CC2C)c1. The van der Waals surface area contributed by atoms with Gasteiger partial charge in [-0.1, -0.05) is 18.2 Å². The number of aromatic amines is 1. The topological polar surface area (TPSA) is 52.2 Å². The van der Waals surface area contributed by atoms with E-state index >= 15 is 0 Å². The Morgan fingerprint density at radius 2 is 2.04 bits per heavy atom. The Hall–Kier alpha value is -2.82. The first-order valence-electron chi connectivity index (χ1n) is 8.68. The lowest BCUT2D eigenvalue weighted by molar-refractivity contribution is 0.0728. The van der Waals surface area contributed by atoms with Gasteiger partial charge in [0.25, 0.3) is 5.91 Å².